The van der Waals surface area contributed by atoms with Gasteiger partial charge in [-0.1, -0.05) is 41.9 Å². The SMILES string of the molecule is CC1(C)OC(=O)C(=Cc2ccccc2-c2ccc(Cl)c(C(=O)O)c2)C(=O)O1. The third kappa shape index (κ3) is 3.85. The summed E-state index contributed by atoms with van der Waals surface area (Å²) in [4.78, 5) is 35.7. The average Bonchev–Trinajstić information content (AvgIpc) is 2.58. The fourth-order valence-electron chi connectivity index (χ4n) is 2.68. The van der Waals surface area contributed by atoms with E-state index in [0.29, 0.717) is 16.7 Å². The highest BCUT2D eigenvalue weighted by Crippen LogP contribution is 2.31. The fourth-order valence-corrected chi connectivity index (χ4v) is 2.87. The van der Waals surface area contributed by atoms with Gasteiger partial charge in [0.2, 0.25) is 0 Å². The van der Waals surface area contributed by atoms with Crippen LogP contribution in [0.1, 0.15) is 29.8 Å². The van der Waals surface area contributed by atoms with Gasteiger partial charge in [-0.15, -0.1) is 0 Å². The number of carbonyl (C=O) groups excluding carboxylic acids is 2. The maximum atomic E-state index is 12.2. The summed E-state index contributed by atoms with van der Waals surface area (Å²) in [7, 11) is 0. The van der Waals surface area contributed by atoms with Crippen molar-refractivity contribution in [3.05, 3.63) is 64.2 Å². The van der Waals surface area contributed by atoms with Crippen LogP contribution in [0.15, 0.2) is 48.0 Å². The van der Waals surface area contributed by atoms with E-state index in [4.69, 9.17) is 21.1 Å². The van der Waals surface area contributed by atoms with E-state index in [2.05, 4.69) is 0 Å². The van der Waals surface area contributed by atoms with Crippen molar-refractivity contribution in [1.29, 1.82) is 0 Å². The molecule has 0 bridgehead atoms. The Morgan fingerprint density at radius 1 is 1.07 bits per heavy atom. The number of ether oxygens (including phenoxy) is 2. The van der Waals surface area contributed by atoms with Gasteiger partial charge in [0.15, 0.2) is 0 Å². The van der Waals surface area contributed by atoms with Gasteiger partial charge in [-0.3, -0.25) is 0 Å². The number of hydrogen-bond acceptors (Lipinski definition) is 5. The smallest absolute Gasteiger partial charge is 0.348 e. The number of carboxylic acids is 1. The average molecular weight is 387 g/mol. The first-order valence-electron chi connectivity index (χ1n) is 7.98. The number of rotatable bonds is 3. The second kappa shape index (κ2) is 6.89. The first kappa shape index (κ1) is 18.7. The largest absolute Gasteiger partial charge is 0.478 e. The minimum Gasteiger partial charge on any atom is -0.478 e. The lowest BCUT2D eigenvalue weighted by molar-refractivity contribution is -0.222. The predicted octanol–water partition coefficient (Wildman–Crippen LogP) is 3.92. The molecule has 0 atom stereocenters. The molecule has 0 saturated carbocycles. The molecule has 2 aromatic rings. The Morgan fingerprint density at radius 3 is 2.33 bits per heavy atom. The summed E-state index contributed by atoms with van der Waals surface area (Å²) >= 11 is 5.92. The van der Waals surface area contributed by atoms with Crippen molar-refractivity contribution < 1.29 is 29.0 Å². The molecule has 1 saturated heterocycles. The molecule has 6 nitrogen and oxygen atoms in total. The van der Waals surface area contributed by atoms with Crippen molar-refractivity contribution in [3.63, 3.8) is 0 Å². The van der Waals surface area contributed by atoms with Gasteiger partial charge in [-0.05, 0) is 34.9 Å². The van der Waals surface area contributed by atoms with E-state index >= 15 is 0 Å². The minimum atomic E-state index is -1.32. The molecule has 3 rings (SSSR count). The molecule has 27 heavy (non-hydrogen) atoms. The van der Waals surface area contributed by atoms with Gasteiger partial charge in [-0.25, -0.2) is 14.4 Å². The topological polar surface area (TPSA) is 89.9 Å². The first-order valence-corrected chi connectivity index (χ1v) is 8.36. The van der Waals surface area contributed by atoms with Crippen LogP contribution in [-0.4, -0.2) is 28.8 Å². The highest BCUT2D eigenvalue weighted by molar-refractivity contribution is 6.33. The van der Waals surface area contributed by atoms with Crippen LogP contribution in [0.5, 0.6) is 0 Å². The molecule has 0 spiro atoms. The maximum Gasteiger partial charge on any atom is 0.348 e. The number of hydrogen-bond donors (Lipinski definition) is 1. The normalized spacial score (nSPS) is 15.7. The molecule has 0 amide bonds. The van der Waals surface area contributed by atoms with Crippen molar-refractivity contribution in [2.75, 3.05) is 0 Å². The summed E-state index contributed by atoms with van der Waals surface area (Å²) in [5.74, 6) is -4.04. The molecule has 1 N–H and O–H groups in total. The van der Waals surface area contributed by atoms with Crippen LogP contribution in [0.4, 0.5) is 0 Å². The number of halogens is 1. The molecule has 1 aliphatic heterocycles. The molecule has 1 aliphatic rings. The Hall–Kier alpha value is -3.12. The van der Waals surface area contributed by atoms with Gasteiger partial charge in [-0.2, -0.15) is 0 Å². The Labute approximate surface area is 160 Å². The van der Waals surface area contributed by atoms with E-state index < -0.39 is 23.7 Å². The standard InChI is InChI=1S/C20H15ClO6/c1-20(2)26-18(24)15(19(25)27-20)10-11-5-3-4-6-13(11)12-7-8-16(21)14(9-12)17(22)23/h3-10H,1-2H3,(H,22,23). The van der Waals surface area contributed by atoms with Crippen LogP contribution >= 0.6 is 11.6 Å². The molecule has 2 aromatic carbocycles. The molecule has 0 unspecified atom stereocenters. The van der Waals surface area contributed by atoms with Crippen molar-refractivity contribution in [3.8, 4) is 11.1 Å². The zero-order valence-electron chi connectivity index (χ0n) is 14.5. The number of cyclic esters (lactones) is 2. The number of esters is 2. The number of carbonyl (C=O) groups is 3. The first-order chi connectivity index (χ1) is 12.7. The van der Waals surface area contributed by atoms with Gasteiger partial charge in [0.1, 0.15) is 5.57 Å². The highest BCUT2D eigenvalue weighted by atomic mass is 35.5. The Bertz CT molecular complexity index is 968. The summed E-state index contributed by atoms with van der Waals surface area (Å²) in [5.41, 5.74) is 1.43. The molecule has 7 heteroatoms. The Balaban J connectivity index is 2.08. The molecule has 1 fully saturated rings. The lowest BCUT2D eigenvalue weighted by Gasteiger charge is -2.29. The third-order valence-electron chi connectivity index (χ3n) is 3.89. The van der Waals surface area contributed by atoms with Crippen molar-refractivity contribution >= 4 is 35.6 Å². The Kier molecular flexibility index (Phi) is 4.76. The monoisotopic (exact) mass is 386 g/mol. The van der Waals surface area contributed by atoms with E-state index in [0.717, 1.165) is 0 Å². The summed E-state index contributed by atoms with van der Waals surface area (Å²) < 4.78 is 10.2. The molecule has 0 radical (unpaired) electrons. The molecular formula is C20H15ClO6. The van der Waals surface area contributed by atoms with Crippen LogP contribution in [0.25, 0.3) is 17.2 Å². The minimum absolute atomic E-state index is 0.0464. The lowest BCUT2D eigenvalue weighted by atomic mass is 9.96. The number of aromatic carboxylic acids is 1. The molecule has 138 valence electrons. The second-order valence-corrected chi connectivity index (χ2v) is 6.73. The lowest BCUT2D eigenvalue weighted by Crippen LogP contribution is -2.41. The van der Waals surface area contributed by atoms with Crippen LogP contribution in [-0.2, 0) is 19.1 Å². The quantitative estimate of drug-likeness (QED) is 0.488. The molecule has 0 aliphatic carbocycles. The fraction of sp³-hybridized carbons (Fsp3) is 0.150. The van der Waals surface area contributed by atoms with E-state index in [-0.39, 0.29) is 16.2 Å². The van der Waals surface area contributed by atoms with Crippen LogP contribution in [0.3, 0.4) is 0 Å². The van der Waals surface area contributed by atoms with E-state index in [1.165, 1.54) is 32.1 Å². The van der Waals surface area contributed by atoms with Crippen LogP contribution < -0.4 is 0 Å². The van der Waals surface area contributed by atoms with Gasteiger partial charge in [0.05, 0.1) is 10.6 Å². The third-order valence-corrected chi connectivity index (χ3v) is 4.21. The van der Waals surface area contributed by atoms with Gasteiger partial charge in [0.25, 0.3) is 5.79 Å². The molecule has 0 aromatic heterocycles. The van der Waals surface area contributed by atoms with Crippen LogP contribution in [0, 0.1) is 0 Å². The van der Waals surface area contributed by atoms with Gasteiger partial charge in [0, 0.05) is 13.8 Å². The van der Waals surface area contributed by atoms with Crippen molar-refractivity contribution in [2.45, 2.75) is 19.6 Å². The Morgan fingerprint density at radius 2 is 1.70 bits per heavy atom. The highest BCUT2D eigenvalue weighted by Gasteiger charge is 2.38. The molecular weight excluding hydrogens is 372 g/mol. The summed E-state index contributed by atoms with van der Waals surface area (Å²) in [6.45, 7) is 2.93. The summed E-state index contributed by atoms with van der Waals surface area (Å²) in [6.07, 6.45) is 1.37. The van der Waals surface area contributed by atoms with E-state index in [1.807, 2.05) is 0 Å². The van der Waals surface area contributed by atoms with Crippen LogP contribution in [0.2, 0.25) is 5.02 Å². The second-order valence-electron chi connectivity index (χ2n) is 6.32. The van der Waals surface area contributed by atoms with Crippen molar-refractivity contribution in [1.82, 2.24) is 0 Å². The molecule has 1 heterocycles. The number of carboxylic acid groups (broad SMARTS) is 1. The van der Waals surface area contributed by atoms with Gasteiger partial charge < -0.3 is 14.6 Å². The van der Waals surface area contributed by atoms with E-state index in [9.17, 15) is 19.5 Å². The van der Waals surface area contributed by atoms with Gasteiger partial charge >= 0.3 is 17.9 Å². The summed E-state index contributed by atoms with van der Waals surface area (Å²) in [6, 6.07) is 11.5. The van der Waals surface area contributed by atoms with Crippen molar-refractivity contribution in [2.24, 2.45) is 0 Å². The zero-order valence-corrected chi connectivity index (χ0v) is 15.2. The predicted molar refractivity (Wildman–Crippen MR) is 98.1 cm³/mol. The van der Waals surface area contributed by atoms with E-state index in [1.54, 1.807) is 30.3 Å². The summed E-state index contributed by atoms with van der Waals surface area (Å²) in [5, 5.41) is 9.38. The zero-order chi connectivity index (χ0) is 19.8. The maximum absolute atomic E-state index is 12.2. The number of benzene rings is 2.